The fourth-order valence-corrected chi connectivity index (χ4v) is 6.22. The van der Waals surface area contributed by atoms with Gasteiger partial charge in [-0.2, -0.15) is 13.2 Å². The van der Waals surface area contributed by atoms with Gasteiger partial charge in [0.2, 0.25) is 0 Å². The minimum atomic E-state index is -4.35. The van der Waals surface area contributed by atoms with Crippen LogP contribution < -0.4 is 4.74 Å². The number of nitrogens with zero attached hydrogens (tertiary/aromatic N) is 2. The number of likely N-dealkylation sites (tertiary alicyclic amines) is 1. The summed E-state index contributed by atoms with van der Waals surface area (Å²) in [6.07, 6.45) is -2.00. The molecule has 0 bridgehead atoms. The molecule has 0 aliphatic carbocycles. The van der Waals surface area contributed by atoms with Gasteiger partial charge in [0.25, 0.3) is 0 Å². The van der Waals surface area contributed by atoms with Crippen LogP contribution in [-0.4, -0.2) is 54.1 Å². The van der Waals surface area contributed by atoms with Gasteiger partial charge in [-0.05, 0) is 80.6 Å². The summed E-state index contributed by atoms with van der Waals surface area (Å²) in [6, 6.07) is 10.7. The number of benzene rings is 2. The summed E-state index contributed by atoms with van der Waals surface area (Å²) in [7, 11) is 1.55. The number of ether oxygens (including phenoxy) is 1. The lowest BCUT2D eigenvalue weighted by atomic mass is 9.74. The number of halogens is 5. The number of hydrogen-bond acceptors (Lipinski definition) is 5. The highest BCUT2D eigenvalue weighted by Crippen LogP contribution is 2.42. The van der Waals surface area contributed by atoms with Crippen LogP contribution in [0.15, 0.2) is 53.6 Å². The Kier molecular flexibility index (Phi) is 9.44. The van der Waals surface area contributed by atoms with Crippen LogP contribution in [0.5, 0.6) is 5.75 Å². The molecule has 206 valence electrons. The molecular formula is C28H31ClF4N2O2S. The van der Waals surface area contributed by atoms with Crippen LogP contribution in [0, 0.1) is 5.41 Å². The molecule has 38 heavy (non-hydrogen) atoms. The zero-order valence-electron chi connectivity index (χ0n) is 21.1. The number of rotatable bonds is 10. The molecule has 1 atom stereocenters. The summed E-state index contributed by atoms with van der Waals surface area (Å²) in [5, 5.41) is 11.1. The maximum absolute atomic E-state index is 15.6. The van der Waals surface area contributed by atoms with E-state index in [4.69, 9.17) is 16.3 Å². The van der Waals surface area contributed by atoms with Crippen molar-refractivity contribution >= 4 is 34.3 Å². The second-order valence-corrected chi connectivity index (χ2v) is 11.4. The highest BCUT2D eigenvalue weighted by atomic mass is 35.5. The van der Waals surface area contributed by atoms with Crippen molar-refractivity contribution in [3.63, 3.8) is 0 Å². The molecule has 1 aliphatic rings. The minimum absolute atomic E-state index is 0.0226. The largest absolute Gasteiger partial charge is 0.497 e. The molecule has 1 N–H and O–H groups in total. The molecule has 0 unspecified atom stereocenters. The molecule has 0 spiro atoms. The Bertz CT molecular complexity index is 1240. The third-order valence-electron chi connectivity index (χ3n) is 7.40. The van der Waals surface area contributed by atoms with Crippen molar-refractivity contribution in [2.45, 2.75) is 42.9 Å². The molecule has 0 saturated carbocycles. The van der Waals surface area contributed by atoms with Gasteiger partial charge in [0, 0.05) is 40.9 Å². The summed E-state index contributed by atoms with van der Waals surface area (Å²) in [5.74, 6) is 1.26. The van der Waals surface area contributed by atoms with Crippen LogP contribution in [0.3, 0.4) is 0 Å². The number of pyridine rings is 1. The second kappa shape index (κ2) is 12.4. The third-order valence-corrected chi connectivity index (χ3v) is 8.67. The predicted molar refractivity (Wildman–Crippen MR) is 144 cm³/mol. The van der Waals surface area contributed by atoms with Crippen molar-refractivity contribution in [3.05, 3.63) is 64.8 Å². The molecule has 0 radical (unpaired) electrons. The number of hydrogen-bond donors (Lipinski definition) is 1. The minimum Gasteiger partial charge on any atom is -0.497 e. The Labute approximate surface area is 229 Å². The normalized spacial score (nSPS) is 17.0. The number of aliphatic hydroxyl groups is 1. The van der Waals surface area contributed by atoms with E-state index >= 15 is 4.39 Å². The Hall–Kier alpha value is -2.07. The standard InChI is InChI=1S/C28H31ClF4N2O2S/c1-37-20-5-6-25-22(16-20)26(23(29)17-34-25)24(30)7-8-27(18-36)9-11-35(12-10-27)13-14-38-21-4-2-3-19(15-21)28(31,32)33/h2-6,15-17,24,36H,7-14,18H2,1H3/t24-/m0/s1. The van der Waals surface area contributed by atoms with E-state index in [1.54, 1.807) is 31.4 Å². The second-order valence-electron chi connectivity index (χ2n) is 9.78. The van der Waals surface area contributed by atoms with E-state index in [1.165, 1.54) is 30.1 Å². The molecule has 4 nitrogen and oxygen atoms in total. The van der Waals surface area contributed by atoms with Gasteiger partial charge in [0.1, 0.15) is 11.9 Å². The van der Waals surface area contributed by atoms with Gasteiger partial charge >= 0.3 is 6.18 Å². The molecule has 1 aromatic heterocycles. The molecular weight excluding hydrogens is 540 g/mol. The third kappa shape index (κ3) is 6.92. The van der Waals surface area contributed by atoms with Crippen molar-refractivity contribution in [2.75, 3.05) is 39.1 Å². The topological polar surface area (TPSA) is 45.6 Å². The van der Waals surface area contributed by atoms with Crippen molar-refractivity contribution in [2.24, 2.45) is 5.41 Å². The molecule has 3 aromatic rings. The van der Waals surface area contributed by atoms with Gasteiger partial charge in [-0.15, -0.1) is 11.8 Å². The maximum Gasteiger partial charge on any atom is 0.416 e. The van der Waals surface area contributed by atoms with E-state index in [2.05, 4.69) is 9.88 Å². The van der Waals surface area contributed by atoms with E-state index in [0.717, 1.165) is 38.5 Å². The monoisotopic (exact) mass is 570 g/mol. The van der Waals surface area contributed by atoms with E-state index in [9.17, 15) is 18.3 Å². The molecule has 2 aromatic carbocycles. The van der Waals surface area contributed by atoms with Crippen molar-refractivity contribution in [1.82, 2.24) is 9.88 Å². The Morgan fingerprint density at radius 2 is 1.95 bits per heavy atom. The van der Waals surface area contributed by atoms with Gasteiger partial charge in [0.05, 0.1) is 23.2 Å². The molecule has 1 saturated heterocycles. The predicted octanol–water partition coefficient (Wildman–Crippen LogP) is 7.57. The lowest BCUT2D eigenvalue weighted by Gasteiger charge is -2.41. The number of alkyl halides is 4. The number of aliphatic hydroxyl groups excluding tert-OH is 1. The van der Waals surface area contributed by atoms with Gasteiger partial charge in [-0.1, -0.05) is 17.7 Å². The zero-order valence-corrected chi connectivity index (χ0v) is 22.7. The van der Waals surface area contributed by atoms with Crippen LogP contribution in [0.4, 0.5) is 17.6 Å². The number of methoxy groups -OCH3 is 1. The smallest absolute Gasteiger partial charge is 0.416 e. The molecule has 1 aliphatic heterocycles. The summed E-state index contributed by atoms with van der Waals surface area (Å²) < 4.78 is 59.7. The summed E-state index contributed by atoms with van der Waals surface area (Å²) >= 11 is 7.77. The van der Waals surface area contributed by atoms with E-state index in [0.29, 0.717) is 39.3 Å². The van der Waals surface area contributed by atoms with E-state index < -0.39 is 17.9 Å². The SMILES string of the molecule is COc1ccc2ncc(Cl)c([C@@H](F)CCC3(CO)CCN(CCSc4cccc(C(F)(F)F)c4)CC3)c2c1. The van der Waals surface area contributed by atoms with E-state index in [-0.39, 0.29) is 23.5 Å². The summed E-state index contributed by atoms with van der Waals surface area (Å²) in [6.45, 7) is 2.20. The van der Waals surface area contributed by atoms with Gasteiger partial charge in [-0.3, -0.25) is 4.98 Å². The summed E-state index contributed by atoms with van der Waals surface area (Å²) in [4.78, 5) is 7.14. The van der Waals surface area contributed by atoms with Gasteiger partial charge in [-0.25, -0.2) is 4.39 Å². The Morgan fingerprint density at radius 1 is 1.18 bits per heavy atom. The average Bonchev–Trinajstić information content (AvgIpc) is 2.92. The molecule has 0 amide bonds. The maximum atomic E-state index is 15.6. The molecule has 2 heterocycles. The molecule has 4 rings (SSSR count). The fourth-order valence-electron chi connectivity index (χ4n) is 4.98. The van der Waals surface area contributed by atoms with Gasteiger partial charge in [0.15, 0.2) is 0 Å². The number of fused-ring (bicyclic) bond motifs is 1. The van der Waals surface area contributed by atoms with Crippen LogP contribution in [0.1, 0.15) is 43.0 Å². The van der Waals surface area contributed by atoms with Crippen molar-refractivity contribution in [1.29, 1.82) is 0 Å². The van der Waals surface area contributed by atoms with Crippen LogP contribution in [0.2, 0.25) is 5.02 Å². The lowest BCUT2D eigenvalue weighted by Crippen LogP contribution is -2.42. The lowest BCUT2D eigenvalue weighted by molar-refractivity contribution is -0.137. The first kappa shape index (κ1) is 28.9. The van der Waals surface area contributed by atoms with Crippen molar-refractivity contribution < 1.29 is 27.4 Å². The van der Waals surface area contributed by atoms with Gasteiger partial charge < -0.3 is 14.7 Å². The first-order chi connectivity index (χ1) is 18.1. The highest BCUT2D eigenvalue weighted by Gasteiger charge is 2.35. The van der Waals surface area contributed by atoms with E-state index in [1.807, 2.05) is 0 Å². The Balaban J connectivity index is 1.31. The zero-order chi connectivity index (χ0) is 27.3. The van der Waals surface area contributed by atoms with Crippen LogP contribution in [-0.2, 0) is 6.18 Å². The highest BCUT2D eigenvalue weighted by molar-refractivity contribution is 7.99. The number of aromatic nitrogens is 1. The first-order valence-corrected chi connectivity index (χ1v) is 13.9. The first-order valence-electron chi connectivity index (χ1n) is 12.5. The molecule has 10 heteroatoms. The van der Waals surface area contributed by atoms with Crippen LogP contribution in [0.25, 0.3) is 10.9 Å². The summed E-state index contributed by atoms with van der Waals surface area (Å²) in [5.41, 5.74) is 0.0236. The van der Waals surface area contributed by atoms with Crippen molar-refractivity contribution in [3.8, 4) is 5.75 Å². The average molecular weight is 571 g/mol. The number of piperidine rings is 1. The fraction of sp³-hybridized carbons (Fsp3) is 0.464. The quantitative estimate of drug-likeness (QED) is 0.201. The molecule has 1 fully saturated rings. The Morgan fingerprint density at radius 3 is 2.63 bits per heavy atom. The number of thioether (sulfide) groups is 1. The van der Waals surface area contributed by atoms with Crippen LogP contribution >= 0.6 is 23.4 Å².